The Kier molecular flexibility index (Phi) is 4.96. The molecule has 1 saturated carbocycles. The number of carbonyl (C=O) groups is 2. The van der Waals surface area contributed by atoms with Crippen molar-refractivity contribution < 1.29 is 14.7 Å². The topological polar surface area (TPSA) is 69.6 Å². The van der Waals surface area contributed by atoms with Crippen LogP contribution in [0.1, 0.15) is 36.5 Å². The Labute approximate surface area is 125 Å². The molecule has 5 heteroatoms. The quantitative estimate of drug-likeness (QED) is 0.884. The molecular weight excluding hydrogens is 268 g/mol. The highest BCUT2D eigenvalue weighted by atomic mass is 16.3. The van der Waals surface area contributed by atoms with E-state index in [0.29, 0.717) is 17.8 Å². The van der Waals surface area contributed by atoms with Crippen molar-refractivity contribution in [3.8, 4) is 0 Å². The van der Waals surface area contributed by atoms with Crippen LogP contribution in [0, 0.1) is 5.92 Å². The van der Waals surface area contributed by atoms with Crippen molar-refractivity contribution in [1.29, 1.82) is 0 Å². The van der Waals surface area contributed by atoms with Gasteiger partial charge in [-0.05, 0) is 25.0 Å². The number of para-hydroxylation sites is 1. The molecule has 0 spiro atoms. The minimum atomic E-state index is -0.319. The number of nitrogens with one attached hydrogen (secondary N) is 1. The fourth-order valence-electron chi connectivity index (χ4n) is 2.70. The number of hydrogen-bond acceptors (Lipinski definition) is 3. The summed E-state index contributed by atoms with van der Waals surface area (Å²) >= 11 is 0. The van der Waals surface area contributed by atoms with Crippen molar-refractivity contribution in [2.45, 2.75) is 32.3 Å². The van der Waals surface area contributed by atoms with Crippen LogP contribution < -0.4 is 10.2 Å². The Morgan fingerprint density at radius 3 is 2.67 bits per heavy atom. The van der Waals surface area contributed by atoms with Gasteiger partial charge < -0.3 is 15.3 Å². The zero-order valence-electron chi connectivity index (χ0n) is 12.5. The van der Waals surface area contributed by atoms with Crippen molar-refractivity contribution >= 4 is 17.5 Å². The average Bonchev–Trinajstić information content (AvgIpc) is 2.89. The molecule has 0 aliphatic heterocycles. The first-order chi connectivity index (χ1) is 10.0. The van der Waals surface area contributed by atoms with E-state index in [0.717, 1.165) is 19.3 Å². The zero-order valence-corrected chi connectivity index (χ0v) is 12.5. The third-order valence-corrected chi connectivity index (χ3v) is 4.13. The fourth-order valence-corrected chi connectivity index (χ4v) is 2.70. The maximum atomic E-state index is 12.3. The zero-order chi connectivity index (χ0) is 15.4. The maximum absolute atomic E-state index is 12.3. The first kappa shape index (κ1) is 15.5. The lowest BCUT2D eigenvalue weighted by Gasteiger charge is -2.20. The van der Waals surface area contributed by atoms with Crippen LogP contribution in [0.3, 0.4) is 0 Å². The van der Waals surface area contributed by atoms with Crippen LogP contribution in [-0.2, 0) is 4.79 Å². The van der Waals surface area contributed by atoms with Crippen molar-refractivity contribution in [3.63, 3.8) is 0 Å². The standard InChI is InChI=1S/C16H22N2O3/c1-11(19)18(2)14-8-4-3-7-13(14)16(21)17-10-12-6-5-9-15(12)20/h3-4,7-8,12,15,20H,5-6,9-10H2,1-2H3,(H,17,21). The normalized spacial score (nSPS) is 21.1. The smallest absolute Gasteiger partial charge is 0.253 e. The molecule has 2 amide bonds. The lowest BCUT2D eigenvalue weighted by Crippen LogP contribution is -2.34. The number of aliphatic hydroxyl groups is 1. The molecule has 1 aliphatic carbocycles. The highest BCUT2D eigenvalue weighted by Crippen LogP contribution is 2.25. The summed E-state index contributed by atoms with van der Waals surface area (Å²) in [5, 5.41) is 12.7. The summed E-state index contributed by atoms with van der Waals surface area (Å²) in [5.41, 5.74) is 1.07. The number of aliphatic hydroxyl groups excluding tert-OH is 1. The van der Waals surface area contributed by atoms with Crippen LogP contribution in [0.2, 0.25) is 0 Å². The summed E-state index contributed by atoms with van der Waals surface area (Å²) < 4.78 is 0. The summed E-state index contributed by atoms with van der Waals surface area (Å²) in [6.07, 6.45) is 2.44. The van der Waals surface area contributed by atoms with Crippen LogP contribution >= 0.6 is 0 Å². The largest absolute Gasteiger partial charge is 0.393 e. The van der Waals surface area contributed by atoms with E-state index in [4.69, 9.17) is 0 Å². The number of nitrogens with zero attached hydrogens (tertiary/aromatic N) is 1. The Hall–Kier alpha value is -1.88. The van der Waals surface area contributed by atoms with E-state index in [1.807, 2.05) is 0 Å². The minimum absolute atomic E-state index is 0.124. The van der Waals surface area contributed by atoms with E-state index in [1.54, 1.807) is 31.3 Å². The van der Waals surface area contributed by atoms with Crippen LogP contribution in [0.4, 0.5) is 5.69 Å². The van der Waals surface area contributed by atoms with Crippen molar-refractivity contribution in [2.24, 2.45) is 5.92 Å². The number of anilines is 1. The van der Waals surface area contributed by atoms with Crippen molar-refractivity contribution in [2.75, 3.05) is 18.5 Å². The second-order valence-corrected chi connectivity index (χ2v) is 5.56. The van der Waals surface area contributed by atoms with Crippen molar-refractivity contribution in [3.05, 3.63) is 29.8 Å². The molecule has 0 saturated heterocycles. The van der Waals surface area contributed by atoms with Crippen molar-refractivity contribution in [1.82, 2.24) is 5.32 Å². The fraction of sp³-hybridized carbons (Fsp3) is 0.500. The highest BCUT2D eigenvalue weighted by Gasteiger charge is 2.26. The van der Waals surface area contributed by atoms with Gasteiger partial charge in [0.25, 0.3) is 5.91 Å². The van der Waals surface area contributed by atoms with Gasteiger partial charge in [0.2, 0.25) is 5.91 Å². The Bertz CT molecular complexity index is 530. The molecular formula is C16H22N2O3. The van der Waals surface area contributed by atoms with Gasteiger partial charge in [-0.3, -0.25) is 9.59 Å². The number of rotatable bonds is 4. The highest BCUT2D eigenvalue weighted by molar-refractivity contribution is 6.04. The van der Waals surface area contributed by atoms with Gasteiger partial charge in [-0.25, -0.2) is 0 Å². The van der Waals surface area contributed by atoms with Crippen LogP contribution in [0.15, 0.2) is 24.3 Å². The molecule has 1 aliphatic rings. The molecule has 2 atom stereocenters. The van der Waals surface area contributed by atoms with Gasteiger partial charge in [-0.15, -0.1) is 0 Å². The Morgan fingerprint density at radius 1 is 1.33 bits per heavy atom. The van der Waals surface area contributed by atoms with Gasteiger partial charge in [0, 0.05) is 26.4 Å². The summed E-state index contributed by atoms with van der Waals surface area (Å²) in [6.45, 7) is 1.93. The predicted molar refractivity (Wildman–Crippen MR) is 81.2 cm³/mol. The van der Waals surface area contributed by atoms with E-state index in [9.17, 15) is 14.7 Å². The van der Waals surface area contributed by atoms with Crippen LogP contribution in [0.25, 0.3) is 0 Å². The average molecular weight is 290 g/mol. The number of carbonyl (C=O) groups excluding carboxylic acids is 2. The SMILES string of the molecule is CC(=O)N(C)c1ccccc1C(=O)NCC1CCCC1O. The first-order valence-corrected chi connectivity index (χ1v) is 7.30. The summed E-state index contributed by atoms with van der Waals surface area (Å²) in [7, 11) is 1.65. The van der Waals surface area contributed by atoms with Gasteiger partial charge in [0.05, 0.1) is 17.4 Å². The summed E-state index contributed by atoms with van der Waals surface area (Å²) in [4.78, 5) is 25.3. The molecule has 1 aromatic carbocycles. The van der Waals surface area contributed by atoms with E-state index >= 15 is 0 Å². The second kappa shape index (κ2) is 6.72. The van der Waals surface area contributed by atoms with E-state index < -0.39 is 0 Å². The minimum Gasteiger partial charge on any atom is -0.393 e. The van der Waals surface area contributed by atoms with Gasteiger partial charge in [0.15, 0.2) is 0 Å². The number of amides is 2. The number of benzene rings is 1. The van der Waals surface area contributed by atoms with Crippen LogP contribution in [-0.4, -0.2) is 36.6 Å². The third kappa shape index (κ3) is 3.61. The lowest BCUT2D eigenvalue weighted by molar-refractivity contribution is -0.116. The van der Waals surface area contributed by atoms with Gasteiger partial charge in [-0.1, -0.05) is 18.6 Å². The second-order valence-electron chi connectivity index (χ2n) is 5.56. The van der Waals surface area contributed by atoms with Gasteiger partial charge in [-0.2, -0.15) is 0 Å². The monoisotopic (exact) mass is 290 g/mol. The molecule has 1 fully saturated rings. The maximum Gasteiger partial charge on any atom is 0.253 e. The first-order valence-electron chi connectivity index (χ1n) is 7.30. The van der Waals surface area contributed by atoms with Crippen LogP contribution in [0.5, 0.6) is 0 Å². The van der Waals surface area contributed by atoms with E-state index in [1.165, 1.54) is 11.8 Å². The van der Waals surface area contributed by atoms with E-state index in [-0.39, 0.29) is 23.8 Å². The molecule has 0 bridgehead atoms. The molecule has 0 aromatic heterocycles. The molecule has 21 heavy (non-hydrogen) atoms. The number of hydrogen-bond donors (Lipinski definition) is 2. The van der Waals surface area contributed by atoms with E-state index in [2.05, 4.69) is 5.32 Å². The molecule has 2 unspecified atom stereocenters. The molecule has 0 radical (unpaired) electrons. The Morgan fingerprint density at radius 2 is 2.05 bits per heavy atom. The predicted octanol–water partition coefficient (Wildman–Crippen LogP) is 1.56. The molecule has 114 valence electrons. The summed E-state index contributed by atoms with van der Waals surface area (Å²) in [5.74, 6) is -0.203. The molecule has 2 rings (SSSR count). The molecule has 5 nitrogen and oxygen atoms in total. The van der Waals surface area contributed by atoms with Gasteiger partial charge in [0.1, 0.15) is 0 Å². The lowest BCUT2D eigenvalue weighted by atomic mass is 10.1. The Balaban J connectivity index is 2.07. The molecule has 2 N–H and O–H groups in total. The summed E-state index contributed by atoms with van der Waals surface area (Å²) in [6, 6.07) is 7.03. The molecule has 0 heterocycles. The third-order valence-electron chi connectivity index (χ3n) is 4.13. The van der Waals surface area contributed by atoms with Gasteiger partial charge >= 0.3 is 0 Å². The molecule has 1 aromatic rings.